The molecule has 28 nitrogen and oxygen atoms in total. The minimum atomic E-state index is -1.86. The number of benzene rings is 4. The van der Waals surface area contributed by atoms with Gasteiger partial charge in [-0.1, -0.05) is 102 Å². The summed E-state index contributed by atoms with van der Waals surface area (Å²) in [5, 5.41) is 46.5. The van der Waals surface area contributed by atoms with Crippen LogP contribution < -0.4 is 58.6 Å². The monoisotopic (exact) mass is 1720 g/mol. The van der Waals surface area contributed by atoms with Crippen molar-refractivity contribution in [2.45, 2.75) is 211 Å². The normalized spacial score (nSPS) is 25.5. The molecule has 4 aliphatic carbocycles. The number of ether oxygens (including phenoxy) is 6. The summed E-state index contributed by atoms with van der Waals surface area (Å²) in [4.78, 5) is 120. The van der Waals surface area contributed by atoms with E-state index in [0.29, 0.717) is 49.0 Å². The number of nitrogens with two attached hydrogens (primary N) is 1. The van der Waals surface area contributed by atoms with Crippen LogP contribution in [0.1, 0.15) is 189 Å². The van der Waals surface area contributed by atoms with E-state index >= 15 is 8.78 Å². The number of fused-ring (bicyclic) bond motifs is 5. The van der Waals surface area contributed by atoms with E-state index in [1.807, 2.05) is 26.8 Å². The number of likely N-dealkylation sites (tertiary alicyclic amines) is 1. The van der Waals surface area contributed by atoms with E-state index in [4.69, 9.17) is 61.8 Å². The first kappa shape index (κ1) is 92.2. The van der Waals surface area contributed by atoms with Crippen molar-refractivity contribution in [2.75, 3.05) is 83.6 Å². The Hall–Kier alpha value is -9.48. The molecule has 6 fully saturated rings. The minimum Gasteiger partial charge on any atom is -0.495 e. The van der Waals surface area contributed by atoms with Gasteiger partial charge in [0.25, 0.3) is 5.91 Å². The Bertz CT molecular complexity index is 4600. The number of amides is 9. The predicted molar refractivity (Wildman–Crippen MR) is 448 cm³/mol. The Morgan fingerprint density at radius 2 is 1.52 bits per heavy atom. The van der Waals surface area contributed by atoms with Gasteiger partial charge >= 0.3 is 23.8 Å². The molecule has 14 atom stereocenters. The quantitative estimate of drug-likeness (QED) is 0.0171. The number of piperidine rings is 1. The van der Waals surface area contributed by atoms with E-state index in [1.54, 1.807) is 49.3 Å². The summed E-state index contributed by atoms with van der Waals surface area (Å²) in [6, 6.07) is 19.5. The number of urea groups is 1. The van der Waals surface area contributed by atoms with Crippen molar-refractivity contribution in [3.8, 4) is 11.8 Å². The molecule has 0 bridgehead atoms. The van der Waals surface area contributed by atoms with E-state index in [9.17, 15) is 53.5 Å². The fraction of sp³-hybridized carbons (Fsp3) is 0.573. The standard InChI is InChI=1S/C89H115Cl2F2N11O17/c1-52(2)76(103-72(105)31-39-116-41-43-118-44-42-117-40-36-96-78(107)54-16-24-68(70(45-54)115-8)100-81(110)77-74(61-11-9-12-66(91)75(61)93)88(51-94,71(102-77)48-85(3,4)5)65-23-19-57(90)47-67(65)92)80(109)101-69(13-10-35-97-82(95)111)79(108)98-58-20-14-53(15-21-58)49-120-84(113)104-37-29-59(30-38-104)99-83(112)121-60-26-32-86(6)56(46-60)18-22-64-63(86)27-33-87(7)62(28-34-89(64,87)114)55-17-25-73(106)119-50-55/h9,11-12,14-17,19-21,23-25,45,47,50,52,56,59-60,62-64,69,71,74,76-77,102,114H,10,13,18,22,26-44,46,48-49H2,1-8H3,(H,96,107)(H,98,108)(H,99,112)(H,100,110)(H,101,109)(H,103,105)(H3,95,97,111)/t56-,60+,62-,63?,64?,69+,71+,74+,76+,77-,86+,87-,88+,89+/m1/s1. The molecule has 3 heterocycles. The Morgan fingerprint density at radius 3 is 2.20 bits per heavy atom. The lowest BCUT2D eigenvalue weighted by molar-refractivity contribution is -0.205. The Labute approximate surface area is 714 Å². The van der Waals surface area contributed by atoms with Crippen molar-refractivity contribution in [1.29, 1.82) is 5.26 Å². The summed E-state index contributed by atoms with van der Waals surface area (Å²) in [5.41, 5.74) is 3.70. The van der Waals surface area contributed by atoms with Crippen molar-refractivity contribution in [1.82, 2.24) is 36.8 Å². The molecule has 6 aliphatic rings. The molecule has 5 aromatic rings. The van der Waals surface area contributed by atoms with Crippen LogP contribution in [0, 0.1) is 62.9 Å². The molecule has 2 unspecified atom stereocenters. The fourth-order valence-electron chi connectivity index (χ4n) is 19.7. The summed E-state index contributed by atoms with van der Waals surface area (Å²) in [5.74, 6) is -5.07. The van der Waals surface area contributed by atoms with Gasteiger partial charge in [0, 0.05) is 83.9 Å². The van der Waals surface area contributed by atoms with E-state index in [0.717, 1.165) is 69.4 Å². The number of hydrogen-bond acceptors (Lipinski definition) is 19. The molecule has 9 amide bonds. The lowest BCUT2D eigenvalue weighted by atomic mass is 9.43. The van der Waals surface area contributed by atoms with Crippen LogP contribution in [0.4, 0.5) is 34.5 Å². The SMILES string of the molecule is COc1cc(C(=O)NCCOCCOCCOCCC(=O)N[C@H](C(=O)N[C@@H](CCCNC(N)=O)C(=O)Nc2ccc(COC(=O)N3CCC(NC(=O)O[C@H]4CC[C@]5(C)C6CC[C@]7(C)[C@@H](c8ccc(=O)oc8)CC[C@]7(O)C6CC[C@@H]5C4)CC3)cc2)C(C)C)ccc1NC(=O)[C@@H]1N[C@@H](CC(C)(C)C)[C@](C#N)(c2ccc(Cl)cc2F)[C@H]1c1cccc(Cl)c1F. The highest BCUT2D eigenvalue weighted by molar-refractivity contribution is 6.31. The molecule has 4 saturated carbocycles. The maximum Gasteiger partial charge on any atom is 0.410 e. The number of primary amides is 1. The molecule has 0 radical (unpaired) electrons. The van der Waals surface area contributed by atoms with Gasteiger partial charge < -0.3 is 91.1 Å². The summed E-state index contributed by atoms with van der Waals surface area (Å²) in [7, 11) is 1.35. The maximum atomic E-state index is 16.3. The zero-order valence-electron chi connectivity index (χ0n) is 70.0. The topological polar surface area (TPSA) is 392 Å². The Morgan fingerprint density at radius 1 is 0.793 bits per heavy atom. The summed E-state index contributed by atoms with van der Waals surface area (Å²) in [6.45, 7) is 15.6. The summed E-state index contributed by atoms with van der Waals surface area (Å²) >= 11 is 12.5. The third kappa shape index (κ3) is 21.9. The zero-order chi connectivity index (χ0) is 87.1. The number of hydrogen-bond donors (Lipinski definition) is 10. The van der Waals surface area contributed by atoms with Crippen LogP contribution in [0.5, 0.6) is 5.75 Å². The number of carbonyl (C=O) groups excluding carboxylic acids is 8. The first-order valence-electron chi connectivity index (χ1n) is 42.0. The number of carbonyl (C=O) groups is 8. The highest BCUT2D eigenvalue weighted by atomic mass is 35.5. The smallest absolute Gasteiger partial charge is 0.410 e. The molecule has 4 aromatic carbocycles. The van der Waals surface area contributed by atoms with Gasteiger partial charge in [-0.3, -0.25) is 24.0 Å². The number of alkyl carbamates (subject to hydrolysis) is 1. The molecule has 0 spiro atoms. The number of anilines is 2. The molecular weight excluding hydrogens is 1600 g/mol. The average molecular weight is 1720 g/mol. The number of nitrogens with zero attached hydrogens (tertiary/aromatic N) is 2. The fourth-order valence-corrected chi connectivity index (χ4v) is 20.0. The van der Waals surface area contributed by atoms with Gasteiger partial charge in [0.2, 0.25) is 23.6 Å². The van der Waals surface area contributed by atoms with Gasteiger partial charge in [0.05, 0.1) is 81.4 Å². The number of rotatable bonds is 34. The Kier molecular flexibility index (Phi) is 31.0. The second-order valence-corrected chi connectivity index (χ2v) is 35.9. The number of nitrogens with one attached hydrogen (secondary N) is 8. The lowest BCUT2D eigenvalue weighted by Crippen LogP contribution is -2.62. The molecule has 656 valence electrons. The highest BCUT2D eigenvalue weighted by Gasteiger charge is 2.68. The van der Waals surface area contributed by atoms with Crippen LogP contribution in [-0.2, 0) is 54.9 Å². The Balaban J connectivity index is 0.552. The largest absolute Gasteiger partial charge is 0.495 e. The molecular formula is C89H115Cl2F2N11O17. The second-order valence-electron chi connectivity index (χ2n) is 35.0. The van der Waals surface area contributed by atoms with Gasteiger partial charge in [0.1, 0.15) is 47.6 Å². The highest BCUT2D eigenvalue weighted by Crippen LogP contribution is 2.71. The summed E-state index contributed by atoms with van der Waals surface area (Å²) < 4.78 is 72.0. The molecule has 2 saturated heterocycles. The number of aliphatic hydroxyl groups is 1. The summed E-state index contributed by atoms with van der Waals surface area (Å²) in [6.07, 6.45) is 9.83. The first-order valence-corrected chi connectivity index (χ1v) is 42.7. The van der Waals surface area contributed by atoms with Crippen molar-refractivity contribution < 1.29 is 85.1 Å². The van der Waals surface area contributed by atoms with Crippen LogP contribution in [0.15, 0.2) is 106 Å². The van der Waals surface area contributed by atoms with Crippen LogP contribution >= 0.6 is 23.2 Å². The number of methoxy groups -OCH3 is 1. The van der Waals surface area contributed by atoms with Gasteiger partial charge in [0.15, 0.2) is 0 Å². The van der Waals surface area contributed by atoms with Crippen LogP contribution in [-0.4, -0.2) is 173 Å². The number of nitriles is 1. The molecule has 2 aliphatic heterocycles. The molecule has 32 heteroatoms. The van der Waals surface area contributed by atoms with E-state index < -0.39 is 112 Å². The van der Waals surface area contributed by atoms with E-state index in [1.165, 1.54) is 61.7 Å². The van der Waals surface area contributed by atoms with Crippen molar-refractivity contribution >= 4 is 82.3 Å². The predicted octanol–water partition coefficient (Wildman–Crippen LogP) is 12.2. The van der Waals surface area contributed by atoms with E-state index in [-0.39, 0.29) is 164 Å². The molecule has 1 aromatic heterocycles. The van der Waals surface area contributed by atoms with Crippen molar-refractivity contribution in [3.63, 3.8) is 0 Å². The van der Waals surface area contributed by atoms with E-state index in [2.05, 4.69) is 62.5 Å². The maximum absolute atomic E-state index is 16.3. The zero-order valence-corrected chi connectivity index (χ0v) is 71.5. The minimum absolute atomic E-state index is 0.00369. The van der Waals surface area contributed by atoms with Crippen molar-refractivity contribution in [2.24, 2.45) is 45.7 Å². The average Bonchev–Trinajstić information content (AvgIpc) is 1.60. The molecule has 11 rings (SSSR count). The van der Waals surface area contributed by atoms with Crippen LogP contribution in [0.25, 0.3) is 0 Å². The third-order valence-corrected chi connectivity index (χ3v) is 26.5. The van der Waals surface area contributed by atoms with Gasteiger partial charge in [-0.2, -0.15) is 5.26 Å². The van der Waals surface area contributed by atoms with Crippen LogP contribution in [0.3, 0.4) is 0 Å². The van der Waals surface area contributed by atoms with Gasteiger partial charge in [-0.25, -0.2) is 28.0 Å². The molecule has 11 N–H and O–H groups in total. The van der Waals surface area contributed by atoms with Crippen molar-refractivity contribution in [3.05, 3.63) is 157 Å². The second kappa shape index (κ2) is 40.7. The first-order chi connectivity index (χ1) is 57.7. The van der Waals surface area contributed by atoms with Gasteiger partial charge in [-0.05, 0) is 202 Å². The lowest BCUT2D eigenvalue weighted by Gasteiger charge is -2.63. The number of halogens is 4. The van der Waals surface area contributed by atoms with Gasteiger partial charge in [-0.15, -0.1) is 0 Å². The van der Waals surface area contributed by atoms with Crippen LogP contribution in [0.2, 0.25) is 10.0 Å². The molecule has 121 heavy (non-hydrogen) atoms. The third-order valence-electron chi connectivity index (χ3n) is 25.9.